The van der Waals surface area contributed by atoms with Gasteiger partial charge in [0.05, 0.1) is 72.3 Å². The van der Waals surface area contributed by atoms with Crippen molar-refractivity contribution in [2.45, 2.75) is 58.5 Å². The number of nitrogens with zero attached hydrogens (tertiary/aromatic N) is 5. The van der Waals surface area contributed by atoms with Gasteiger partial charge >= 0.3 is 18.1 Å². The zero-order valence-corrected chi connectivity index (χ0v) is 68.7. The topological polar surface area (TPSA) is 185 Å². The molecule has 1 unspecified atom stereocenters. The Morgan fingerprint density at radius 3 is 1.96 bits per heavy atom. The summed E-state index contributed by atoms with van der Waals surface area (Å²) in [6.07, 6.45) is 7.33. The highest BCUT2D eigenvalue weighted by atomic mass is 32.1. The summed E-state index contributed by atoms with van der Waals surface area (Å²) < 4.78 is 86.6. The molecule has 0 spiro atoms. The largest absolute Gasteiger partial charge is 0.508 e. The fourth-order valence-electron chi connectivity index (χ4n) is 13.7. The summed E-state index contributed by atoms with van der Waals surface area (Å²) >= 11 is 1.52. The number of rotatable bonds is 27. The molecule has 0 amide bonds. The molecular weight excluding hydrogens is 1570 g/mol. The summed E-state index contributed by atoms with van der Waals surface area (Å²) in [6.45, 7) is 11.8. The summed E-state index contributed by atoms with van der Waals surface area (Å²) in [4.78, 5) is 45.1. The quantitative estimate of drug-likeness (QED) is 0.00749. The van der Waals surface area contributed by atoms with Crippen LogP contribution in [0.4, 0.5) is 28.9 Å². The van der Waals surface area contributed by atoms with Crippen molar-refractivity contribution < 1.29 is 60.7 Å². The molecule has 612 valence electrons. The number of epoxide rings is 1. The first kappa shape index (κ1) is 83.5. The third-order valence-electron chi connectivity index (χ3n) is 20.4. The lowest BCUT2D eigenvalue weighted by Crippen LogP contribution is -2.17. The van der Waals surface area contributed by atoms with E-state index in [9.17, 15) is 14.4 Å². The van der Waals surface area contributed by atoms with Gasteiger partial charge in [0.25, 0.3) is 0 Å². The van der Waals surface area contributed by atoms with E-state index in [0.29, 0.717) is 101 Å². The van der Waals surface area contributed by atoms with E-state index in [4.69, 9.17) is 33.2 Å². The molecule has 0 saturated carbocycles. The van der Waals surface area contributed by atoms with Crippen LogP contribution in [0.3, 0.4) is 0 Å². The molecule has 1 atom stereocenters. The van der Waals surface area contributed by atoms with Gasteiger partial charge in [0.15, 0.2) is 0 Å². The minimum atomic E-state index is -0.782. The van der Waals surface area contributed by atoms with Gasteiger partial charge in [-0.25, -0.2) is 37.7 Å². The molecule has 0 aliphatic carbocycles. The summed E-state index contributed by atoms with van der Waals surface area (Å²) in [7, 11) is 1.81. The number of hydrogen-bond acceptors (Lipinski definition) is 17. The molecular formula is C103H83F3N6O10S. The number of esters is 2. The van der Waals surface area contributed by atoms with Crippen molar-refractivity contribution in [1.82, 2.24) is 9.97 Å². The van der Waals surface area contributed by atoms with Crippen LogP contribution < -0.4 is 24.6 Å². The highest BCUT2D eigenvalue weighted by Gasteiger charge is 2.39. The molecule has 1 saturated heterocycles. The van der Waals surface area contributed by atoms with Gasteiger partial charge in [-0.1, -0.05) is 195 Å². The number of hydrazone groups is 2. The standard InChI is InChI=1S/C55H45F2N3O6.C48H38FN3O4S/c1-3-63-54(61)65-25-24-36-8-12-38(13-9-36)41-16-15-40-28-37(10-14-42(40)29-41)11-20-48-50(56)31-44(32-51(48)57)47-21-17-43-30-45(64-27-26-62-34-55(2)35-66-55)19-22-46(43)49(47)33-58-60-53-23-18-39-6-4-5-7-52(39)59-53;1-4-6-7-12-47(54)56-44-26-24-37(28-40(44)31-50-52(3)48-51-43-10-8-9-11-45(43)57-48)39-20-19-34(42(49)30-39)18-15-32-13-16-33(17-14-32)35-21-22-38-29-41(55-46(53)5-2)25-23-36(38)27-35/h4-10,12-19,21-23,28-33H,3,24-27,34-35H2,1-2H3,(H,59,60);5,8-11,13-14,16-17,19-31H,2,4,6-7,12H2,1,3H3/b58-33+;50-31+. The van der Waals surface area contributed by atoms with Gasteiger partial charge in [-0.2, -0.15) is 10.2 Å². The molecule has 0 bridgehead atoms. The average molecular weight is 1650 g/mol. The predicted molar refractivity (Wildman–Crippen MR) is 483 cm³/mol. The number of para-hydroxylation sites is 2. The van der Waals surface area contributed by atoms with E-state index < -0.39 is 29.6 Å². The maximum absolute atomic E-state index is 16.0. The number of aromatic nitrogens is 2. The lowest BCUT2D eigenvalue weighted by atomic mass is 9.93. The summed E-state index contributed by atoms with van der Waals surface area (Å²) in [6, 6.07) is 81.0. The van der Waals surface area contributed by atoms with Gasteiger partial charge in [0, 0.05) is 53.6 Å². The highest BCUT2D eigenvalue weighted by Crippen LogP contribution is 2.37. The van der Waals surface area contributed by atoms with Crippen LogP contribution in [-0.4, -0.2) is 92.8 Å². The molecule has 15 aromatic rings. The van der Waals surface area contributed by atoms with Crippen molar-refractivity contribution in [3.05, 3.63) is 330 Å². The lowest BCUT2D eigenvalue weighted by Gasteiger charge is -2.13. The van der Waals surface area contributed by atoms with Gasteiger partial charge in [-0.05, 0) is 230 Å². The van der Waals surface area contributed by atoms with Crippen molar-refractivity contribution >= 4 is 106 Å². The molecule has 13 aromatic carbocycles. The number of halogens is 3. The van der Waals surface area contributed by atoms with Crippen LogP contribution in [0.25, 0.3) is 97.9 Å². The maximum atomic E-state index is 16.0. The Labute approximate surface area is 713 Å². The molecule has 20 heteroatoms. The SMILES string of the molecule is C=CC(=O)Oc1ccc2cc(-c3ccc(C#Cc4ccc(-c5ccc(OC(=O)CCCCC)c(/C=N/N(C)c6nc7ccccc7s6)c5)cc4F)cc3)ccc2c1.CCOC(=O)OCCc1ccc(-c2ccc3cc(C#Cc4c(F)cc(-c5ccc6cc(OCCOCC7(C)CO7)ccc6c5/C=N/Nc5ccc6ccccc6n5)cc4F)ccc3c2)cc1. The van der Waals surface area contributed by atoms with Crippen molar-refractivity contribution in [2.24, 2.45) is 10.2 Å². The molecule has 123 heavy (non-hydrogen) atoms. The Bertz CT molecular complexity index is 6630. The fourth-order valence-corrected chi connectivity index (χ4v) is 14.6. The number of carbonyl (C=O) groups is 3. The number of anilines is 2. The Morgan fingerprint density at radius 2 is 1.21 bits per heavy atom. The normalized spacial score (nSPS) is 12.8. The number of unbranched alkanes of at least 4 members (excludes halogenated alkanes) is 2. The molecule has 3 heterocycles. The second-order valence-electron chi connectivity index (χ2n) is 29.4. The van der Waals surface area contributed by atoms with Gasteiger partial charge in [0.1, 0.15) is 52.7 Å². The predicted octanol–water partition coefficient (Wildman–Crippen LogP) is 23.3. The van der Waals surface area contributed by atoms with Crippen LogP contribution in [0.2, 0.25) is 0 Å². The first-order valence-electron chi connectivity index (χ1n) is 40.3. The second kappa shape index (κ2) is 39.1. The number of thiazole rings is 1. The Balaban J connectivity index is 0.000000193. The van der Waals surface area contributed by atoms with E-state index in [-0.39, 0.29) is 35.9 Å². The molecule has 1 N–H and O–H groups in total. The summed E-state index contributed by atoms with van der Waals surface area (Å²) in [5, 5.41) is 18.1. The van der Waals surface area contributed by atoms with Gasteiger partial charge < -0.3 is 33.2 Å². The summed E-state index contributed by atoms with van der Waals surface area (Å²) in [5.41, 5.74) is 14.5. The maximum Gasteiger partial charge on any atom is 0.508 e. The Morgan fingerprint density at radius 1 is 0.577 bits per heavy atom. The van der Waals surface area contributed by atoms with Crippen LogP contribution in [0.5, 0.6) is 17.2 Å². The number of pyridine rings is 1. The molecule has 16 rings (SSSR count). The Hall–Kier alpha value is -14.5. The smallest absolute Gasteiger partial charge is 0.491 e. The number of hydrogen-bond donors (Lipinski definition) is 1. The van der Waals surface area contributed by atoms with Crippen LogP contribution in [0, 0.1) is 41.1 Å². The third kappa shape index (κ3) is 21.6. The van der Waals surface area contributed by atoms with Gasteiger partial charge in [0.2, 0.25) is 5.13 Å². The number of carbonyl (C=O) groups excluding carboxylic acids is 3. The molecule has 16 nitrogen and oxygen atoms in total. The van der Waals surface area contributed by atoms with E-state index >= 15 is 13.2 Å². The first-order valence-corrected chi connectivity index (χ1v) is 41.1. The third-order valence-corrected chi connectivity index (χ3v) is 21.5. The van der Waals surface area contributed by atoms with Gasteiger partial charge in [-0.3, -0.25) is 10.2 Å². The van der Waals surface area contributed by atoms with E-state index in [0.717, 1.165) is 118 Å². The van der Waals surface area contributed by atoms with Crippen molar-refractivity contribution in [3.63, 3.8) is 0 Å². The van der Waals surface area contributed by atoms with Crippen LogP contribution in [-0.2, 0) is 35.0 Å². The van der Waals surface area contributed by atoms with Gasteiger partial charge in [-0.15, -0.1) is 0 Å². The number of fused-ring (bicyclic) bond motifs is 5. The molecule has 1 aliphatic rings. The lowest BCUT2D eigenvalue weighted by molar-refractivity contribution is -0.134. The average Bonchev–Trinajstić information content (AvgIpc) is 1.71. The molecule has 1 aliphatic heterocycles. The number of benzene rings is 13. The highest BCUT2D eigenvalue weighted by molar-refractivity contribution is 7.22. The first-order chi connectivity index (χ1) is 60.0. The van der Waals surface area contributed by atoms with Crippen LogP contribution in [0.1, 0.15) is 85.4 Å². The van der Waals surface area contributed by atoms with E-state index in [2.05, 4.69) is 74.9 Å². The second-order valence-corrected chi connectivity index (χ2v) is 30.4. The summed E-state index contributed by atoms with van der Waals surface area (Å²) in [5.74, 6) is 11.0. The van der Waals surface area contributed by atoms with E-state index in [1.54, 1.807) is 48.6 Å². The molecule has 2 aromatic heterocycles. The number of nitrogens with one attached hydrogen (secondary N) is 1. The van der Waals surface area contributed by atoms with Crippen molar-refractivity contribution in [2.75, 3.05) is 57.1 Å². The number of ether oxygens (including phenoxy) is 7. The van der Waals surface area contributed by atoms with Crippen molar-refractivity contribution in [1.29, 1.82) is 0 Å². The fraction of sp³-hybridized carbons (Fsp3) is 0.155. The van der Waals surface area contributed by atoms with E-state index in [1.165, 1.54) is 29.5 Å². The molecule has 0 radical (unpaired) electrons. The monoisotopic (exact) mass is 1650 g/mol. The van der Waals surface area contributed by atoms with Crippen LogP contribution >= 0.6 is 11.3 Å². The van der Waals surface area contributed by atoms with Crippen molar-refractivity contribution in [3.8, 4) is 85.4 Å². The van der Waals surface area contributed by atoms with E-state index in [1.807, 2.05) is 220 Å². The zero-order chi connectivity index (χ0) is 85.2. The Kier molecular flexibility index (Phi) is 26.6. The molecule has 1 fully saturated rings. The minimum absolute atomic E-state index is 0.188. The zero-order valence-electron chi connectivity index (χ0n) is 67.9. The van der Waals surface area contributed by atoms with Crippen LogP contribution in [0.15, 0.2) is 284 Å². The minimum Gasteiger partial charge on any atom is -0.491 e.